The Kier molecular flexibility index (Phi) is 16.2. The molecule has 0 aliphatic carbocycles. The molecular formula is C22H20S2Zr. The van der Waals surface area contributed by atoms with Crippen LogP contribution in [-0.2, 0) is 51.5 Å². The molecule has 0 N–H and O–H groups in total. The molecule has 4 rings (SSSR count). The summed E-state index contributed by atoms with van der Waals surface area (Å²) in [6, 6.07) is 39.2. The average Bonchev–Trinajstić information content (AvgIpc) is 3.36. The summed E-state index contributed by atoms with van der Waals surface area (Å²) in [5, 5.41) is 0. The molecule has 0 unspecified atom stereocenters. The minimum atomic E-state index is 0. The van der Waals surface area contributed by atoms with Gasteiger partial charge in [0.15, 0.2) is 0 Å². The molecule has 3 heteroatoms. The van der Waals surface area contributed by atoms with Gasteiger partial charge in [-0.15, -0.1) is 0 Å². The van der Waals surface area contributed by atoms with Gasteiger partial charge in [0.25, 0.3) is 0 Å². The third-order valence-electron chi connectivity index (χ3n) is 2.60. The van der Waals surface area contributed by atoms with E-state index < -0.39 is 0 Å². The fourth-order valence-corrected chi connectivity index (χ4v) is 1.80. The zero-order chi connectivity index (χ0) is 17.3. The van der Waals surface area contributed by atoms with Crippen molar-refractivity contribution in [2.24, 2.45) is 0 Å². The first-order valence-corrected chi connectivity index (χ1v) is 8.38. The first kappa shape index (κ1) is 23.5. The van der Waals surface area contributed by atoms with Gasteiger partial charge >= 0.3 is 26.2 Å². The monoisotopic (exact) mass is 438 g/mol. The zero-order valence-electron chi connectivity index (χ0n) is 13.9. The van der Waals surface area contributed by atoms with Crippen molar-refractivity contribution < 1.29 is 26.2 Å². The van der Waals surface area contributed by atoms with Crippen molar-refractivity contribution in [3.8, 4) is 0 Å². The van der Waals surface area contributed by atoms with Crippen LogP contribution in [0.2, 0.25) is 0 Å². The molecule has 0 heterocycles. The maximum absolute atomic E-state index is 4.81. The van der Waals surface area contributed by atoms with Gasteiger partial charge in [0.1, 0.15) is 0 Å². The molecule has 0 radical (unpaired) electrons. The summed E-state index contributed by atoms with van der Waals surface area (Å²) in [7, 11) is 0. The fourth-order valence-electron chi connectivity index (χ4n) is 1.48. The second-order valence-corrected chi connectivity index (χ2v) is 5.49. The van der Waals surface area contributed by atoms with E-state index in [0.29, 0.717) is 0 Å². The van der Waals surface area contributed by atoms with Crippen molar-refractivity contribution in [2.75, 3.05) is 0 Å². The van der Waals surface area contributed by atoms with Crippen LogP contribution in [0.25, 0.3) is 0 Å². The quantitative estimate of drug-likeness (QED) is 0.244. The average molecular weight is 440 g/mol. The molecule has 25 heavy (non-hydrogen) atoms. The normalized spacial score (nSPS) is 8.00. The molecule has 124 valence electrons. The summed E-state index contributed by atoms with van der Waals surface area (Å²) in [6.07, 6.45) is 0. The summed E-state index contributed by atoms with van der Waals surface area (Å²) in [5.41, 5.74) is 0. The van der Waals surface area contributed by atoms with Crippen molar-refractivity contribution in [1.29, 1.82) is 0 Å². The molecule has 0 aliphatic rings. The van der Waals surface area contributed by atoms with E-state index >= 15 is 0 Å². The van der Waals surface area contributed by atoms with E-state index in [-0.39, 0.29) is 26.2 Å². The van der Waals surface area contributed by atoms with E-state index in [9.17, 15) is 0 Å². The Hall–Kier alpha value is -1.54. The van der Waals surface area contributed by atoms with Gasteiger partial charge in [-0.1, -0.05) is 60.7 Å². The Bertz CT molecular complexity index is 577. The largest absolute Gasteiger partial charge is 4.00 e. The molecule has 0 aliphatic heterocycles. The van der Waals surface area contributed by atoms with Crippen molar-refractivity contribution in [3.63, 3.8) is 0 Å². The van der Waals surface area contributed by atoms with Crippen molar-refractivity contribution in [2.45, 2.75) is 9.79 Å². The summed E-state index contributed by atoms with van der Waals surface area (Å²) in [4.78, 5) is 1.81. The standard InChI is InChI=1S/2C6H6S.2C5H5.Zr/c2*7-6-4-2-1-3-5-6;2*1-2-4-5-3-1;/h2*1-5,7H;2*1-5H;/q;;2*-1;+4/p-2. The first-order chi connectivity index (χ1) is 11.8. The first-order valence-electron chi connectivity index (χ1n) is 7.56. The molecule has 0 saturated heterocycles. The molecule has 4 aromatic carbocycles. The van der Waals surface area contributed by atoms with Crippen molar-refractivity contribution in [1.82, 2.24) is 0 Å². The second-order valence-electron chi connectivity index (χ2n) is 4.55. The van der Waals surface area contributed by atoms with Crippen molar-refractivity contribution >= 4 is 25.3 Å². The SMILES string of the molecule is [S-]c1ccccc1.[S-]c1ccccc1.[Zr+4].c1cc[cH-]c1.c1cc[cH-]c1. The minimum absolute atomic E-state index is 0. The Morgan fingerprint density at radius 3 is 0.840 bits per heavy atom. The van der Waals surface area contributed by atoms with Gasteiger partial charge in [-0.2, -0.15) is 46.2 Å². The number of benzene rings is 2. The van der Waals surface area contributed by atoms with Crippen LogP contribution in [0.15, 0.2) is 131 Å². The number of hydrogen-bond acceptors (Lipinski definition) is 2. The van der Waals surface area contributed by atoms with E-state index in [2.05, 4.69) is 0 Å². The molecule has 0 fully saturated rings. The Labute approximate surface area is 181 Å². The van der Waals surface area contributed by atoms with Gasteiger partial charge in [0.2, 0.25) is 0 Å². The molecular weight excluding hydrogens is 420 g/mol. The summed E-state index contributed by atoms with van der Waals surface area (Å²) in [5.74, 6) is 0. The maximum atomic E-state index is 4.81. The third kappa shape index (κ3) is 15.7. The van der Waals surface area contributed by atoms with Gasteiger partial charge in [-0.25, -0.2) is 24.3 Å². The van der Waals surface area contributed by atoms with E-state index in [1.807, 2.05) is 121 Å². The van der Waals surface area contributed by atoms with Crippen LogP contribution in [0.4, 0.5) is 0 Å². The zero-order valence-corrected chi connectivity index (χ0v) is 18.0. The molecule has 0 atom stereocenters. The van der Waals surface area contributed by atoms with Gasteiger partial charge < -0.3 is 25.3 Å². The van der Waals surface area contributed by atoms with Crippen LogP contribution in [-0.4, -0.2) is 0 Å². The third-order valence-corrected chi connectivity index (χ3v) is 3.14. The molecule has 4 aromatic rings. The van der Waals surface area contributed by atoms with Gasteiger partial charge in [0.05, 0.1) is 0 Å². The summed E-state index contributed by atoms with van der Waals surface area (Å²) >= 11 is 9.62. The molecule has 0 nitrogen and oxygen atoms in total. The predicted octanol–water partition coefficient (Wildman–Crippen LogP) is 5.99. The van der Waals surface area contributed by atoms with Gasteiger partial charge in [-0.05, 0) is 0 Å². The summed E-state index contributed by atoms with van der Waals surface area (Å²) in [6.45, 7) is 0. The molecule has 0 saturated carbocycles. The van der Waals surface area contributed by atoms with Crippen LogP contribution in [0.1, 0.15) is 0 Å². The van der Waals surface area contributed by atoms with E-state index in [1.54, 1.807) is 0 Å². The number of hydrogen-bond donors (Lipinski definition) is 0. The van der Waals surface area contributed by atoms with Crippen LogP contribution in [0.3, 0.4) is 0 Å². The predicted molar refractivity (Wildman–Crippen MR) is 108 cm³/mol. The minimum Gasteiger partial charge on any atom is -0.780 e. The molecule has 0 amide bonds. The van der Waals surface area contributed by atoms with Crippen LogP contribution >= 0.6 is 0 Å². The van der Waals surface area contributed by atoms with E-state index in [0.717, 1.165) is 9.79 Å². The summed E-state index contributed by atoms with van der Waals surface area (Å²) < 4.78 is 0. The van der Waals surface area contributed by atoms with Crippen LogP contribution < -0.4 is 0 Å². The smallest absolute Gasteiger partial charge is 0.780 e. The van der Waals surface area contributed by atoms with Crippen LogP contribution in [0.5, 0.6) is 0 Å². The molecule has 0 spiro atoms. The molecule has 0 aromatic heterocycles. The van der Waals surface area contributed by atoms with E-state index in [1.165, 1.54) is 0 Å². The van der Waals surface area contributed by atoms with Crippen LogP contribution in [0, 0.1) is 0 Å². The Morgan fingerprint density at radius 1 is 0.440 bits per heavy atom. The second kappa shape index (κ2) is 17.3. The Morgan fingerprint density at radius 2 is 0.720 bits per heavy atom. The fraction of sp³-hybridized carbons (Fsp3) is 0. The van der Waals surface area contributed by atoms with E-state index in [4.69, 9.17) is 25.3 Å². The number of rotatable bonds is 0. The Balaban J connectivity index is 0.000000307. The maximum Gasteiger partial charge on any atom is 4.00 e. The van der Waals surface area contributed by atoms with Gasteiger partial charge in [-0.3, -0.25) is 0 Å². The molecule has 0 bridgehead atoms. The topological polar surface area (TPSA) is 0 Å². The van der Waals surface area contributed by atoms with Crippen molar-refractivity contribution in [3.05, 3.63) is 121 Å². The van der Waals surface area contributed by atoms with Gasteiger partial charge in [0, 0.05) is 0 Å².